The van der Waals surface area contributed by atoms with Gasteiger partial charge in [-0.1, -0.05) is 23.2 Å². The molecule has 0 fully saturated rings. The van der Waals surface area contributed by atoms with Gasteiger partial charge in [-0.15, -0.1) is 0 Å². The molecule has 0 aliphatic heterocycles. The maximum absolute atomic E-state index is 6.09. The number of rotatable bonds is 5. The van der Waals surface area contributed by atoms with Gasteiger partial charge in [0.25, 0.3) is 0 Å². The molecule has 1 aromatic carbocycles. The molecule has 0 saturated heterocycles. The first kappa shape index (κ1) is 12.8. The number of benzene rings is 1. The molecule has 1 aromatic rings. The molecule has 0 aromatic heterocycles. The Morgan fingerprint density at radius 2 is 2.13 bits per heavy atom. The minimum absolute atomic E-state index is 0.0798. The molecule has 0 amide bonds. The van der Waals surface area contributed by atoms with Crippen LogP contribution in [0.25, 0.3) is 0 Å². The van der Waals surface area contributed by atoms with E-state index in [9.17, 15) is 0 Å². The van der Waals surface area contributed by atoms with Crippen molar-refractivity contribution >= 4 is 23.2 Å². The lowest BCUT2D eigenvalue weighted by Gasteiger charge is -2.17. The van der Waals surface area contributed by atoms with E-state index in [0.717, 1.165) is 5.56 Å². The summed E-state index contributed by atoms with van der Waals surface area (Å²) >= 11 is 12.0. The molecule has 1 unspecified atom stereocenters. The van der Waals surface area contributed by atoms with Gasteiger partial charge in [0.15, 0.2) is 0 Å². The van der Waals surface area contributed by atoms with Crippen LogP contribution in [0.2, 0.25) is 10.0 Å². The number of hydrogen-bond donors (Lipinski definition) is 1. The molecule has 0 radical (unpaired) electrons. The van der Waals surface area contributed by atoms with Crippen molar-refractivity contribution < 1.29 is 4.74 Å². The highest BCUT2D eigenvalue weighted by molar-refractivity contribution is 6.33. The van der Waals surface area contributed by atoms with E-state index in [1.807, 2.05) is 20.0 Å². The Kier molecular flexibility index (Phi) is 5.40. The van der Waals surface area contributed by atoms with E-state index in [0.29, 0.717) is 23.3 Å². The molecule has 1 N–H and O–H groups in total. The molecule has 84 valence electrons. The van der Waals surface area contributed by atoms with E-state index in [2.05, 4.69) is 5.32 Å². The van der Waals surface area contributed by atoms with E-state index in [1.165, 1.54) is 0 Å². The molecule has 0 aliphatic carbocycles. The lowest BCUT2D eigenvalue weighted by molar-refractivity contribution is 0.125. The maximum atomic E-state index is 6.09. The molecular weight excluding hydrogens is 233 g/mol. The predicted molar refractivity (Wildman–Crippen MR) is 64.8 cm³/mol. The largest absolute Gasteiger partial charge is 0.380 e. The van der Waals surface area contributed by atoms with Gasteiger partial charge < -0.3 is 10.1 Å². The van der Waals surface area contributed by atoms with Gasteiger partial charge in [-0.25, -0.2) is 0 Å². The van der Waals surface area contributed by atoms with Gasteiger partial charge in [0.05, 0.1) is 12.6 Å². The van der Waals surface area contributed by atoms with Crippen molar-refractivity contribution in [3.8, 4) is 0 Å². The van der Waals surface area contributed by atoms with E-state index in [4.69, 9.17) is 27.9 Å². The molecule has 0 bridgehead atoms. The predicted octanol–water partition coefficient (Wildman–Crippen LogP) is 3.29. The number of halogens is 2. The number of ether oxygens (including phenoxy) is 1. The van der Waals surface area contributed by atoms with Crippen LogP contribution in [0.1, 0.15) is 18.5 Å². The Labute approximate surface area is 101 Å². The summed E-state index contributed by atoms with van der Waals surface area (Å²) in [5.74, 6) is 0. The fraction of sp³-hybridized carbons (Fsp3) is 0.455. The Morgan fingerprint density at radius 1 is 1.40 bits per heavy atom. The van der Waals surface area contributed by atoms with E-state index in [1.54, 1.807) is 12.1 Å². The van der Waals surface area contributed by atoms with Crippen molar-refractivity contribution in [3.05, 3.63) is 33.8 Å². The fourth-order valence-corrected chi connectivity index (χ4v) is 1.78. The standard InChI is InChI=1S/C11H15Cl2NO/c1-3-15-7-11(14-2)9-6-8(12)4-5-10(9)13/h4-6,11,14H,3,7H2,1-2H3. The third-order valence-electron chi connectivity index (χ3n) is 2.17. The highest BCUT2D eigenvalue weighted by Crippen LogP contribution is 2.26. The smallest absolute Gasteiger partial charge is 0.0661 e. The van der Waals surface area contributed by atoms with Crippen molar-refractivity contribution in [3.63, 3.8) is 0 Å². The van der Waals surface area contributed by atoms with E-state index >= 15 is 0 Å². The monoisotopic (exact) mass is 247 g/mol. The first-order chi connectivity index (χ1) is 7.19. The molecular formula is C11H15Cl2NO. The molecule has 1 atom stereocenters. The second-order valence-electron chi connectivity index (χ2n) is 3.17. The van der Waals surface area contributed by atoms with Crippen LogP contribution in [-0.4, -0.2) is 20.3 Å². The molecule has 2 nitrogen and oxygen atoms in total. The third kappa shape index (κ3) is 3.65. The van der Waals surface area contributed by atoms with Crippen molar-refractivity contribution in [2.45, 2.75) is 13.0 Å². The summed E-state index contributed by atoms with van der Waals surface area (Å²) in [4.78, 5) is 0. The van der Waals surface area contributed by atoms with E-state index < -0.39 is 0 Å². The summed E-state index contributed by atoms with van der Waals surface area (Å²) in [7, 11) is 1.88. The van der Waals surface area contributed by atoms with Crippen LogP contribution in [0.5, 0.6) is 0 Å². The average molecular weight is 248 g/mol. The SMILES string of the molecule is CCOCC(NC)c1cc(Cl)ccc1Cl. The second-order valence-corrected chi connectivity index (χ2v) is 4.01. The van der Waals surface area contributed by atoms with Crippen LogP contribution >= 0.6 is 23.2 Å². The van der Waals surface area contributed by atoms with Crippen LogP contribution < -0.4 is 5.32 Å². The Balaban J connectivity index is 2.85. The Morgan fingerprint density at radius 3 is 2.73 bits per heavy atom. The highest BCUT2D eigenvalue weighted by atomic mass is 35.5. The quantitative estimate of drug-likeness (QED) is 0.863. The normalized spacial score (nSPS) is 12.8. The minimum Gasteiger partial charge on any atom is -0.380 e. The topological polar surface area (TPSA) is 21.3 Å². The van der Waals surface area contributed by atoms with Crippen molar-refractivity contribution in [2.75, 3.05) is 20.3 Å². The van der Waals surface area contributed by atoms with Gasteiger partial charge in [-0.2, -0.15) is 0 Å². The molecule has 15 heavy (non-hydrogen) atoms. The van der Waals surface area contributed by atoms with Crippen LogP contribution in [0.15, 0.2) is 18.2 Å². The van der Waals surface area contributed by atoms with Crippen molar-refractivity contribution in [2.24, 2.45) is 0 Å². The number of likely N-dealkylation sites (N-methyl/N-ethyl adjacent to an activating group) is 1. The van der Waals surface area contributed by atoms with Crippen molar-refractivity contribution in [1.82, 2.24) is 5.32 Å². The zero-order chi connectivity index (χ0) is 11.3. The molecule has 4 heteroatoms. The lowest BCUT2D eigenvalue weighted by Crippen LogP contribution is -2.22. The Bertz CT molecular complexity index is 317. The Hall–Kier alpha value is -0.280. The number of nitrogens with one attached hydrogen (secondary N) is 1. The third-order valence-corrected chi connectivity index (χ3v) is 2.75. The molecule has 0 heterocycles. The molecule has 0 aliphatic rings. The summed E-state index contributed by atoms with van der Waals surface area (Å²) < 4.78 is 5.37. The first-order valence-corrected chi connectivity index (χ1v) is 5.64. The van der Waals surface area contributed by atoms with Gasteiger partial charge in [0.1, 0.15) is 0 Å². The summed E-state index contributed by atoms with van der Waals surface area (Å²) in [6.07, 6.45) is 0. The van der Waals surface area contributed by atoms with Crippen LogP contribution in [0, 0.1) is 0 Å². The molecule has 1 rings (SSSR count). The summed E-state index contributed by atoms with van der Waals surface area (Å²) in [6, 6.07) is 5.52. The summed E-state index contributed by atoms with van der Waals surface area (Å²) in [5.41, 5.74) is 0.972. The number of hydrogen-bond acceptors (Lipinski definition) is 2. The maximum Gasteiger partial charge on any atom is 0.0661 e. The van der Waals surface area contributed by atoms with Crippen molar-refractivity contribution in [1.29, 1.82) is 0 Å². The summed E-state index contributed by atoms with van der Waals surface area (Å²) in [5, 5.41) is 4.55. The highest BCUT2D eigenvalue weighted by Gasteiger charge is 2.13. The van der Waals surface area contributed by atoms with Gasteiger partial charge in [0, 0.05) is 16.7 Å². The van der Waals surface area contributed by atoms with Gasteiger partial charge in [-0.3, -0.25) is 0 Å². The van der Waals surface area contributed by atoms with Crippen LogP contribution in [-0.2, 0) is 4.74 Å². The second kappa shape index (κ2) is 6.33. The lowest BCUT2D eigenvalue weighted by atomic mass is 10.1. The first-order valence-electron chi connectivity index (χ1n) is 4.89. The van der Waals surface area contributed by atoms with Crippen LogP contribution in [0.3, 0.4) is 0 Å². The van der Waals surface area contributed by atoms with E-state index in [-0.39, 0.29) is 6.04 Å². The molecule has 0 spiro atoms. The van der Waals surface area contributed by atoms with Gasteiger partial charge in [0.2, 0.25) is 0 Å². The van der Waals surface area contributed by atoms with Gasteiger partial charge >= 0.3 is 0 Å². The zero-order valence-corrected chi connectivity index (χ0v) is 10.4. The van der Waals surface area contributed by atoms with Crippen LogP contribution in [0.4, 0.5) is 0 Å². The fourth-order valence-electron chi connectivity index (χ4n) is 1.35. The van der Waals surface area contributed by atoms with Gasteiger partial charge in [-0.05, 0) is 37.7 Å². The molecule has 0 saturated carbocycles. The average Bonchev–Trinajstić information content (AvgIpc) is 2.24. The minimum atomic E-state index is 0.0798. The zero-order valence-electron chi connectivity index (χ0n) is 8.89. The summed E-state index contributed by atoms with van der Waals surface area (Å²) in [6.45, 7) is 3.25.